The highest BCUT2D eigenvalue weighted by molar-refractivity contribution is 7.22. The van der Waals surface area contributed by atoms with Crippen LogP contribution in [0.3, 0.4) is 0 Å². The van der Waals surface area contributed by atoms with Crippen LogP contribution < -0.4 is 20.1 Å². The van der Waals surface area contributed by atoms with E-state index in [1.54, 1.807) is 30.3 Å². The van der Waals surface area contributed by atoms with Gasteiger partial charge >= 0.3 is 0 Å². The number of rotatable bonds is 6. The fourth-order valence-electron chi connectivity index (χ4n) is 2.61. The average Bonchev–Trinajstić information content (AvgIpc) is 3.03. The van der Waals surface area contributed by atoms with Crippen LogP contribution in [0.1, 0.15) is 9.67 Å². The van der Waals surface area contributed by atoms with Gasteiger partial charge < -0.3 is 20.1 Å². The maximum atomic E-state index is 12.5. The predicted octanol–water partition coefficient (Wildman–Crippen LogP) is 5.25. The highest BCUT2D eigenvalue weighted by atomic mass is 35.5. The quantitative estimate of drug-likeness (QED) is 0.513. The van der Waals surface area contributed by atoms with Crippen molar-refractivity contribution in [2.24, 2.45) is 0 Å². The Kier molecular flexibility index (Phi) is 6.74. The SMILES string of the molecule is COc1ccc(NC(=O)CNC(=O)c2sc3c(OC)c(Cl)ccc3c2Cl)cc1Cl. The number of hydrogen-bond donors (Lipinski definition) is 2. The monoisotopic (exact) mass is 472 g/mol. The summed E-state index contributed by atoms with van der Waals surface area (Å²) >= 11 is 19.6. The lowest BCUT2D eigenvalue weighted by atomic mass is 10.2. The van der Waals surface area contributed by atoms with Gasteiger partial charge in [-0.05, 0) is 24.3 Å². The van der Waals surface area contributed by atoms with Gasteiger partial charge in [0, 0.05) is 11.1 Å². The maximum absolute atomic E-state index is 12.5. The van der Waals surface area contributed by atoms with Crippen molar-refractivity contribution in [2.45, 2.75) is 0 Å². The van der Waals surface area contributed by atoms with Gasteiger partial charge in [0.2, 0.25) is 5.91 Å². The van der Waals surface area contributed by atoms with E-state index in [1.165, 1.54) is 14.2 Å². The second-order valence-electron chi connectivity index (χ2n) is 5.78. The fraction of sp³-hybridized carbons (Fsp3) is 0.158. The number of thiophene rings is 1. The van der Waals surface area contributed by atoms with Crippen LogP contribution >= 0.6 is 46.1 Å². The molecule has 3 rings (SSSR count). The summed E-state index contributed by atoms with van der Waals surface area (Å²) in [5.41, 5.74) is 0.481. The number of halogens is 3. The molecule has 0 fully saturated rings. The molecule has 0 bridgehead atoms. The van der Waals surface area contributed by atoms with E-state index in [0.29, 0.717) is 37.3 Å². The van der Waals surface area contributed by atoms with Crippen LogP contribution in [0.4, 0.5) is 5.69 Å². The number of nitrogens with one attached hydrogen (secondary N) is 2. The summed E-state index contributed by atoms with van der Waals surface area (Å²) in [4.78, 5) is 25.0. The lowest BCUT2D eigenvalue weighted by molar-refractivity contribution is -0.115. The molecular weight excluding hydrogens is 459 g/mol. The Bertz CT molecular complexity index is 1100. The molecule has 2 aromatic carbocycles. The molecule has 3 aromatic rings. The Morgan fingerprint density at radius 2 is 1.79 bits per heavy atom. The number of fused-ring (bicyclic) bond motifs is 1. The number of benzene rings is 2. The minimum Gasteiger partial charge on any atom is -0.495 e. The number of amides is 2. The first-order valence-corrected chi connectivity index (χ1v) is 10.2. The third kappa shape index (κ3) is 4.53. The van der Waals surface area contributed by atoms with Crippen molar-refractivity contribution in [3.8, 4) is 11.5 Å². The molecule has 0 saturated heterocycles. The molecule has 1 heterocycles. The summed E-state index contributed by atoms with van der Waals surface area (Å²) in [6.45, 7) is -0.245. The Hall–Kier alpha value is -2.19. The molecule has 6 nitrogen and oxygen atoms in total. The van der Waals surface area contributed by atoms with Gasteiger partial charge in [0.1, 0.15) is 10.6 Å². The summed E-state index contributed by atoms with van der Waals surface area (Å²) < 4.78 is 11.0. The van der Waals surface area contributed by atoms with Crippen LogP contribution in [0, 0.1) is 0 Å². The smallest absolute Gasteiger partial charge is 0.263 e. The Labute approximate surface area is 185 Å². The van der Waals surface area contributed by atoms with Crippen LogP contribution in [-0.2, 0) is 4.79 Å². The van der Waals surface area contributed by atoms with Crippen LogP contribution in [-0.4, -0.2) is 32.6 Å². The minimum atomic E-state index is -0.475. The highest BCUT2D eigenvalue weighted by Gasteiger charge is 2.21. The molecule has 0 spiro atoms. The van der Waals surface area contributed by atoms with Gasteiger partial charge in [-0.1, -0.05) is 40.9 Å². The van der Waals surface area contributed by atoms with Crippen molar-refractivity contribution in [3.63, 3.8) is 0 Å². The van der Waals surface area contributed by atoms with Gasteiger partial charge in [-0.15, -0.1) is 11.3 Å². The average molecular weight is 474 g/mol. The van der Waals surface area contributed by atoms with E-state index >= 15 is 0 Å². The molecule has 0 aliphatic heterocycles. The first kappa shape index (κ1) is 21.5. The molecule has 10 heteroatoms. The van der Waals surface area contributed by atoms with E-state index in [1.807, 2.05) is 0 Å². The first-order chi connectivity index (χ1) is 13.8. The van der Waals surface area contributed by atoms with Crippen molar-refractivity contribution in [3.05, 3.63) is 50.3 Å². The third-order valence-electron chi connectivity index (χ3n) is 3.96. The van der Waals surface area contributed by atoms with Gasteiger partial charge in [0.15, 0.2) is 5.75 Å². The molecule has 0 unspecified atom stereocenters. The lowest BCUT2D eigenvalue weighted by Crippen LogP contribution is -2.32. The number of anilines is 1. The Morgan fingerprint density at radius 3 is 2.45 bits per heavy atom. The van der Waals surface area contributed by atoms with Gasteiger partial charge in [-0.25, -0.2) is 0 Å². The van der Waals surface area contributed by atoms with Crippen molar-refractivity contribution in [2.75, 3.05) is 26.1 Å². The molecule has 0 saturated carbocycles. The molecule has 152 valence electrons. The molecule has 1 aromatic heterocycles. The standard InChI is InChI=1S/C19H15Cl3N2O4S/c1-27-13-6-3-9(7-12(13)21)24-14(25)8-23-19(26)18-15(22)10-4-5-11(20)16(28-2)17(10)29-18/h3-7H,8H2,1-2H3,(H,23,26)(H,24,25). The number of carbonyl (C=O) groups excluding carboxylic acids is 2. The molecule has 0 aliphatic carbocycles. The van der Waals surface area contributed by atoms with E-state index < -0.39 is 11.8 Å². The summed E-state index contributed by atoms with van der Waals surface area (Å²) in [6.07, 6.45) is 0. The second kappa shape index (κ2) is 9.09. The molecule has 2 N–H and O–H groups in total. The summed E-state index contributed by atoms with van der Waals surface area (Å²) in [5, 5.41) is 6.91. The molecule has 2 amide bonds. The van der Waals surface area contributed by atoms with Crippen molar-refractivity contribution >= 4 is 73.7 Å². The molecule has 0 radical (unpaired) electrons. The zero-order chi connectivity index (χ0) is 21.1. The van der Waals surface area contributed by atoms with Crippen molar-refractivity contribution < 1.29 is 19.1 Å². The van der Waals surface area contributed by atoms with Crippen LogP contribution in [0.5, 0.6) is 11.5 Å². The van der Waals surface area contributed by atoms with Gasteiger partial charge in [0.25, 0.3) is 5.91 Å². The summed E-state index contributed by atoms with van der Waals surface area (Å²) in [6, 6.07) is 8.20. The van der Waals surface area contributed by atoms with E-state index in [2.05, 4.69) is 10.6 Å². The van der Waals surface area contributed by atoms with E-state index in [0.717, 1.165) is 11.3 Å². The van der Waals surface area contributed by atoms with Crippen molar-refractivity contribution in [1.82, 2.24) is 5.32 Å². The summed E-state index contributed by atoms with van der Waals surface area (Å²) in [5.74, 6) is 0.0480. The fourth-order valence-corrected chi connectivity index (χ4v) is 4.71. The zero-order valence-electron chi connectivity index (χ0n) is 15.3. The van der Waals surface area contributed by atoms with Crippen LogP contribution in [0.2, 0.25) is 15.1 Å². The van der Waals surface area contributed by atoms with Gasteiger partial charge in [-0.2, -0.15) is 0 Å². The first-order valence-electron chi connectivity index (χ1n) is 8.21. The molecule has 29 heavy (non-hydrogen) atoms. The minimum absolute atomic E-state index is 0.245. The third-order valence-corrected chi connectivity index (χ3v) is 6.26. The lowest BCUT2D eigenvalue weighted by Gasteiger charge is -2.08. The normalized spacial score (nSPS) is 10.7. The molecule has 0 aliphatic rings. The van der Waals surface area contributed by atoms with E-state index in [-0.39, 0.29) is 16.4 Å². The number of methoxy groups -OCH3 is 2. The second-order valence-corrected chi connectivity index (χ2v) is 8.00. The highest BCUT2D eigenvalue weighted by Crippen LogP contribution is 2.43. The molecule has 0 atom stereocenters. The number of ether oxygens (including phenoxy) is 2. The number of carbonyl (C=O) groups is 2. The summed E-state index contributed by atoms with van der Waals surface area (Å²) in [7, 11) is 2.99. The zero-order valence-corrected chi connectivity index (χ0v) is 18.4. The number of hydrogen-bond acceptors (Lipinski definition) is 5. The Balaban J connectivity index is 1.70. The van der Waals surface area contributed by atoms with Crippen molar-refractivity contribution in [1.29, 1.82) is 0 Å². The maximum Gasteiger partial charge on any atom is 0.263 e. The van der Waals surface area contributed by atoms with Crippen LogP contribution in [0.25, 0.3) is 10.1 Å². The topological polar surface area (TPSA) is 76.7 Å². The van der Waals surface area contributed by atoms with E-state index in [4.69, 9.17) is 44.3 Å². The van der Waals surface area contributed by atoms with Gasteiger partial charge in [-0.3, -0.25) is 9.59 Å². The van der Waals surface area contributed by atoms with Crippen LogP contribution in [0.15, 0.2) is 30.3 Å². The van der Waals surface area contributed by atoms with E-state index in [9.17, 15) is 9.59 Å². The Morgan fingerprint density at radius 1 is 1.03 bits per heavy atom. The van der Waals surface area contributed by atoms with Gasteiger partial charge in [0.05, 0.1) is 40.5 Å². The predicted molar refractivity (Wildman–Crippen MR) is 117 cm³/mol. The largest absolute Gasteiger partial charge is 0.495 e. The molecular formula is C19H15Cl3N2O4S.